The molecule has 4 rings (SSSR count). The van der Waals surface area contributed by atoms with Gasteiger partial charge < -0.3 is 5.32 Å². The number of carbonyl (C=O) groups excluding carboxylic acids is 2. The highest BCUT2D eigenvalue weighted by Gasteiger charge is 2.60. The van der Waals surface area contributed by atoms with E-state index in [1.165, 1.54) is 19.3 Å². The van der Waals surface area contributed by atoms with Gasteiger partial charge in [0.2, 0.25) is 11.0 Å². The third-order valence-corrected chi connectivity index (χ3v) is 10.0. The maximum atomic E-state index is 13.1. The van der Waals surface area contributed by atoms with Crippen LogP contribution in [0.5, 0.6) is 0 Å². The quantitative estimate of drug-likeness (QED) is 0.689. The van der Waals surface area contributed by atoms with E-state index in [1.54, 1.807) is 11.8 Å². The molecule has 1 amide bonds. The van der Waals surface area contributed by atoms with Crippen molar-refractivity contribution in [2.24, 2.45) is 39.9 Å². The Hall–Kier alpha value is -0.770. The topological polar surface area (TPSA) is 46.2 Å². The molecule has 3 fully saturated rings. The van der Waals surface area contributed by atoms with Crippen LogP contribution in [0.25, 0.3) is 0 Å². The van der Waals surface area contributed by atoms with E-state index in [4.69, 9.17) is 0 Å². The van der Waals surface area contributed by atoms with Gasteiger partial charge >= 0.3 is 0 Å². The van der Waals surface area contributed by atoms with Gasteiger partial charge in [-0.3, -0.25) is 9.59 Å². The van der Waals surface area contributed by atoms with Crippen molar-refractivity contribution in [2.45, 2.75) is 78.4 Å². The molecule has 156 valence electrons. The lowest BCUT2D eigenvalue weighted by Crippen LogP contribution is -2.54. The average Bonchev–Trinajstić information content (AvgIpc) is 2.97. The molecule has 1 N–H and O–H groups in total. The molecule has 4 heteroatoms. The fraction of sp³-hybridized carbons (Fsp3) is 0.833. The first kappa shape index (κ1) is 20.5. The molecule has 4 aliphatic rings. The van der Waals surface area contributed by atoms with E-state index in [-0.39, 0.29) is 33.2 Å². The maximum absolute atomic E-state index is 13.1. The van der Waals surface area contributed by atoms with Crippen molar-refractivity contribution in [1.29, 1.82) is 0 Å². The molecular weight excluding hydrogens is 366 g/mol. The minimum atomic E-state index is 0.127. The van der Waals surface area contributed by atoms with Crippen LogP contribution in [0.3, 0.4) is 0 Å². The van der Waals surface area contributed by atoms with Gasteiger partial charge in [-0.1, -0.05) is 52.5 Å². The molecule has 0 bridgehead atoms. The van der Waals surface area contributed by atoms with Crippen molar-refractivity contribution in [3.63, 3.8) is 0 Å². The Balaban J connectivity index is 1.53. The highest BCUT2D eigenvalue weighted by molar-refractivity contribution is 8.14. The van der Waals surface area contributed by atoms with E-state index < -0.39 is 0 Å². The number of nitrogens with one attached hydrogen (secondary N) is 1. The van der Waals surface area contributed by atoms with Crippen molar-refractivity contribution in [3.8, 4) is 0 Å². The number of rotatable bonds is 2. The summed E-state index contributed by atoms with van der Waals surface area (Å²) in [5.74, 6) is 2.49. The number of amides is 1. The van der Waals surface area contributed by atoms with Crippen LogP contribution in [0.15, 0.2) is 12.2 Å². The Labute approximate surface area is 174 Å². The molecular formula is C24H37NO2S. The number of allylic oxidation sites excluding steroid dienone is 1. The summed E-state index contributed by atoms with van der Waals surface area (Å²) in [5.41, 5.74) is 0.421. The van der Waals surface area contributed by atoms with E-state index in [2.05, 4.69) is 46.0 Å². The summed E-state index contributed by atoms with van der Waals surface area (Å²) in [6, 6.07) is 0. The Morgan fingerprint density at radius 2 is 1.89 bits per heavy atom. The standard InChI is InChI=1S/C24H37NO2S/c1-22(2,3)14-25-21(27)18-8-7-16-15-6-9-19-24(5,13-11-20(26)28-19)17(15)10-12-23(16,18)4/h11,13,15-19H,6-10,12,14H2,1-5H3,(H,25,27)/t15-,16-,17-,18+,19+,23-,24+/m0/s1. The second-order valence-corrected chi connectivity index (χ2v) is 12.7. The van der Waals surface area contributed by atoms with E-state index in [1.807, 2.05) is 6.08 Å². The zero-order valence-electron chi connectivity index (χ0n) is 18.2. The van der Waals surface area contributed by atoms with Crippen molar-refractivity contribution in [2.75, 3.05) is 6.54 Å². The minimum absolute atomic E-state index is 0.127. The molecule has 7 atom stereocenters. The van der Waals surface area contributed by atoms with Crippen LogP contribution in [0.4, 0.5) is 0 Å². The molecule has 0 aromatic carbocycles. The van der Waals surface area contributed by atoms with Gasteiger partial charge in [-0.2, -0.15) is 0 Å². The molecule has 0 aromatic rings. The van der Waals surface area contributed by atoms with Crippen LogP contribution in [0.2, 0.25) is 0 Å². The second-order valence-electron chi connectivity index (χ2n) is 11.5. The first-order valence-electron chi connectivity index (χ1n) is 11.2. The fourth-order valence-electron chi connectivity index (χ4n) is 7.11. The van der Waals surface area contributed by atoms with E-state index in [0.29, 0.717) is 23.0 Å². The van der Waals surface area contributed by atoms with Gasteiger partial charge in [0.15, 0.2) is 0 Å². The molecule has 3 nitrogen and oxygen atoms in total. The van der Waals surface area contributed by atoms with Crippen LogP contribution in [-0.4, -0.2) is 22.8 Å². The highest BCUT2D eigenvalue weighted by atomic mass is 32.2. The molecule has 0 spiro atoms. The number of fused-ring (bicyclic) bond motifs is 5. The largest absolute Gasteiger partial charge is 0.355 e. The smallest absolute Gasteiger partial charge is 0.223 e. The van der Waals surface area contributed by atoms with Crippen LogP contribution in [0, 0.1) is 39.9 Å². The highest BCUT2D eigenvalue weighted by Crippen LogP contribution is 2.66. The lowest BCUT2D eigenvalue weighted by atomic mass is 9.49. The predicted octanol–water partition coefficient (Wildman–Crippen LogP) is 5.21. The molecule has 0 radical (unpaired) electrons. The average molecular weight is 404 g/mol. The third kappa shape index (κ3) is 3.28. The molecule has 28 heavy (non-hydrogen) atoms. The summed E-state index contributed by atoms with van der Waals surface area (Å²) in [4.78, 5) is 25.0. The van der Waals surface area contributed by atoms with Crippen LogP contribution < -0.4 is 5.32 Å². The number of thioether (sulfide) groups is 1. The van der Waals surface area contributed by atoms with Gasteiger partial charge in [0.25, 0.3) is 0 Å². The van der Waals surface area contributed by atoms with Gasteiger partial charge in [-0.25, -0.2) is 0 Å². The van der Waals surface area contributed by atoms with Crippen molar-refractivity contribution in [3.05, 3.63) is 12.2 Å². The Kier molecular flexibility index (Phi) is 5.04. The van der Waals surface area contributed by atoms with Crippen molar-refractivity contribution in [1.82, 2.24) is 5.32 Å². The summed E-state index contributed by atoms with van der Waals surface area (Å²) >= 11 is 1.57. The molecule has 3 aliphatic carbocycles. The van der Waals surface area contributed by atoms with Crippen molar-refractivity contribution >= 4 is 22.8 Å². The number of hydrogen-bond donors (Lipinski definition) is 1. The van der Waals surface area contributed by atoms with Gasteiger partial charge in [-0.15, -0.1) is 0 Å². The molecule has 0 saturated heterocycles. The van der Waals surface area contributed by atoms with Crippen LogP contribution >= 0.6 is 11.8 Å². The zero-order chi connectivity index (χ0) is 20.3. The lowest BCUT2D eigenvalue weighted by Gasteiger charge is -2.58. The fourth-order valence-corrected chi connectivity index (χ4v) is 8.29. The van der Waals surface area contributed by atoms with Gasteiger partial charge in [-0.05, 0) is 73.2 Å². The molecule has 0 aromatic heterocycles. The van der Waals surface area contributed by atoms with Crippen molar-refractivity contribution < 1.29 is 9.59 Å². The third-order valence-electron chi connectivity index (χ3n) is 8.64. The summed E-state index contributed by atoms with van der Waals surface area (Å²) in [6.07, 6.45) is 11.0. The SMILES string of the molecule is CC(C)(C)CNC(=O)[C@H]1CC[C@H]2[C@@H]3CC[C@H]4SC(=O)C=C[C@]4(C)[C@H]3CC[C@]12C. The van der Waals surface area contributed by atoms with E-state index in [0.717, 1.165) is 25.8 Å². The van der Waals surface area contributed by atoms with E-state index >= 15 is 0 Å². The molecule has 1 aliphatic heterocycles. The summed E-state index contributed by atoms with van der Waals surface area (Å²) < 4.78 is 0. The van der Waals surface area contributed by atoms with Crippen LogP contribution in [0.1, 0.15) is 73.1 Å². The first-order valence-corrected chi connectivity index (χ1v) is 12.1. The second kappa shape index (κ2) is 6.89. The Morgan fingerprint density at radius 1 is 1.14 bits per heavy atom. The molecule has 0 unspecified atom stereocenters. The number of carbonyl (C=O) groups is 2. The monoisotopic (exact) mass is 403 g/mol. The van der Waals surface area contributed by atoms with Crippen LogP contribution in [-0.2, 0) is 9.59 Å². The predicted molar refractivity (Wildman–Crippen MR) is 116 cm³/mol. The maximum Gasteiger partial charge on any atom is 0.223 e. The Bertz CT molecular complexity index is 695. The van der Waals surface area contributed by atoms with Gasteiger partial charge in [0, 0.05) is 23.1 Å². The normalized spacial score (nSPS) is 45.2. The Morgan fingerprint density at radius 3 is 2.61 bits per heavy atom. The van der Waals surface area contributed by atoms with Gasteiger partial charge in [0.05, 0.1) is 0 Å². The minimum Gasteiger partial charge on any atom is -0.355 e. The van der Waals surface area contributed by atoms with Gasteiger partial charge in [0.1, 0.15) is 0 Å². The first-order chi connectivity index (χ1) is 13.0. The van der Waals surface area contributed by atoms with E-state index in [9.17, 15) is 9.59 Å². The molecule has 3 saturated carbocycles. The molecule has 1 heterocycles. The summed E-state index contributed by atoms with van der Waals surface area (Å²) in [6.45, 7) is 12.1. The number of hydrogen-bond acceptors (Lipinski definition) is 3. The zero-order valence-corrected chi connectivity index (χ0v) is 19.0. The summed E-state index contributed by atoms with van der Waals surface area (Å²) in [7, 11) is 0. The lowest BCUT2D eigenvalue weighted by molar-refractivity contribution is -0.132. The summed E-state index contributed by atoms with van der Waals surface area (Å²) in [5, 5.41) is 3.94.